The van der Waals surface area contributed by atoms with Crippen molar-refractivity contribution < 1.29 is 9.18 Å². The number of hydrogen-bond donors (Lipinski definition) is 2. The lowest BCUT2D eigenvalue weighted by molar-refractivity contribution is -0.123. The maximum Gasteiger partial charge on any atom is 0.236 e. The van der Waals surface area contributed by atoms with E-state index in [1.54, 1.807) is 19.2 Å². The topological polar surface area (TPSA) is 41.1 Å². The minimum Gasteiger partial charge on any atom is -0.358 e. The van der Waals surface area contributed by atoms with Crippen molar-refractivity contribution in [2.24, 2.45) is 5.92 Å². The predicted octanol–water partition coefficient (Wildman–Crippen LogP) is 3.40. The molecule has 0 fully saturated rings. The highest BCUT2D eigenvalue weighted by Crippen LogP contribution is 2.22. The molecular formula is C15H22BrFN2O. The van der Waals surface area contributed by atoms with Crippen LogP contribution in [0.1, 0.15) is 38.8 Å². The Labute approximate surface area is 128 Å². The summed E-state index contributed by atoms with van der Waals surface area (Å²) in [5.41, 5.74) is 0.561. The SMILES string of the molecule is CNC(=O)C(CC(C)C)NC(C)c1ccc(Br)cc1F. The van der Waals surface area contributed by atoms with Crippen molar-refractivity contribution in [1.82, 2.24) is 10.6 Å². The molecule has 1 rings (SSSR count). The van der Waals surface area contributed by atoms with Gasteiger partial charge in [0.25, 0.3) is 0 Å². The highest BCUT2D eigenvalue weighted by molar-refractivity contribution is 9.10. The molecule has 20 heavy (non-hydrogen) atoms. The standard InChI is InChI=1S/C15H22BrFN2O/c1-9(2)7-14(15(20)18-4)19-10(3)12-6-5-11(16)8-13(12)17/h5-6,8-10,14,19H,7H2,1-4H3,(H,18,20). The van der Waals surface area contributed by atoms with Crippen LogP contribution in [-0.2, 0) is 4.79 Å². The predicted molar refractivity (Wildman–Crippen MR) is 83.0 cm³/mol. The van der Waals surface area contributed by atoms with E-state index >= 15 is 0 Å². The van der Waals surface area contributed by atoms with Crippen LogP contribution in [0.25, 0.3) is 0 Å². The van der Waals surface area contributed by atoms with Crippen LogP contribution in [0.15, 0.2) is 22.7 Å². The Morgan fingerprint density at radius 2 is 2.00 bits per heavy atom. The van der Waals surface area contributed by atoms with Crippen molar-refractivity contribution in [3.05, 3.63) is 34.1 Å². The Morgan fingerprint density at radius 1 is 1.35 bits per heavy atom. The fraction of sp³-hybridized carbons (Fsp3) is 0.533. The molecule has 0 heterocycles. The number of halogens is 2. The molecule has 1 aromatic rings. The summed E-state index contributed by atoms with van der Waals surface area (Å²) in [5, 5.41) is 5.86. The van der Waals surface area contributed by atoms with Crippen LogP contribution in [0.4, 0.5) is 4.39 Å². The van der Waals surface area contributed by atoms with Gasteiger partial charge in [-0.05, 0) is 31.4 Å². The van der Waals surface area contributed by atoms with Crippen molar-refractivity contribution in [2.45, 2.75) is 39.3 Å². The lowest BCUT2D eigenvalue weighted by Gasteiger charge is -2.24. The van der Waals surface area contributed by atoms with Gasteiger partial charge in [-0.3, -0.25) is 10.1 Å². The number of carbonyl (C=O) groups is 1. The molecule has 0 aliphatic rings. The van der Waals surface area contributed by atoms with Gasteiger partial charge in [0.2, 0.25) is 5.91 Å². The summed E-state index contributed by atoms with van der Waals surface area (Å²) in [5.74, 6) is 0.0365. The molecule has 0 radical (unpaired) electrons. The number of hydrogen-bond acceptors (Lipinski definition) is 2. The maximum absolute atomic E-state index is 13.9. The molecule has 0 aliphatic heterocycles. The maximum atomic E-state index is 13.9. The summed E-state index contributed by atoms with van der Waals surface area (Å²) in [6.45, 7) is 5.98. The molecule has 0 spiro atoms. The molecule has 2 atom stereocenters. The van der Waals surface area contributed by atoms with Gasteiger partial charge in [0.15, 0.2) is 0 Å². The lowest BCUT2D eigenvalue weighted by atomic mass is 10.0. The van der Waals surface area contributed by atoms with Crippen LogP contribution < -0.4 is 10.6 Å². The summed E-state index contributed by atoms with van der Waals surface area (Å²) < 4.78 is 14.6. The fourth-order valence-electron chi connectivity index (χ4n) is 2.14. The van der Waals surface area contributed by atoms with E-state index in [-0.39, 0.29) is 23.8 Å². The van der Waals surface area contributed by atoms with Crippen molar-refractivity contribution >= 4 is 21.8 Å². The molecule has 1 amide bonds. The molecule has 0 saturated carbocycles. The molecule has 0 bridgehead atoms. The van der Waals surface area contributed by atoms with Crippen molar-refractivity contribution in [2.75, 3.05) is 7.05 Å². The van der Waals surface area contributed by atoms with Gasteiger partial charge in [-0.25, -0.2) is 4.39 Å². The van der Waals surface area contributed by atoms with Crippen molar-refractivity contribution in [3.8, 4) is 0 Å². The van der Waals surface area contributed by atoms with Crippen LogP contribution in [0.5, 0.6) is 0 Å². The van der Waals surface area contributed by atoms with Gasteiger partial charge in [-0.1, -0.05) is 35.8 Å². The number of nitrogens with one attached hydrogen (secondary N) is 2. The zero-order valence-corrected chi connectivity index (χ0v) is 13.9. The van der Waals surface area contributed by atoms with E-state index in [0.29, 0.717) is 22.4 Å². The normalized spacial score (nSPS) is 14.2. The number of likely N-dealkylation sites (N-methyl/N-ethyl adjacent to an activating group) is 1. The molecule has 2 unspecified atom stereocenters. The first kappa shape index (κ1) is 17.1. The van der Waals surface area contributed by atoms with Crippen molar-refractivity contribution in [1.29, 1.82) is 0 Å². The van der Waals surface area contributed by atoms with Gasteiger partial charge in [-0.2, -0.15) is 0 Å². The third kappa shape index (κ3) is 4.87. The zero-order valence-electron chi connectivity index (χ0n) is 12.3. The Bertz CT molecular complexity index is 465. The number of benzene rings is 1. The van der Waals surface area contributed by atoms with Crippen LogP contribution in [0.2, 0.25) is 0 Å². The number of rotatable bonds is 6. The number of carbonyl (C=O) groups excluding carboxylic acids is 1. The van der Waals surface area contributed by atoms with Crippen molar-refractivity contribution in [3.63, 3.8) is 0 Å². The Morgan fingerprint density at radius 3 is 2.50 bits per heavy atom. The minimum absolute atomic E-state index is 0.0666. The Kier molecular flexibility index (Phi) is 6.62. The number of amides is 1. The van der Waals surface area contributed by atoms with Gasteiger partial charge in [0.05, 0.1) is 6.04 Å². The highest BCUT2D eigenvalue weighted by Gasteiger charge is 2.22. The zero-order chi connectivity index (χ0) is 15.3. The Balaban J connectivity index is 2.84. The average molecular weight is 345 g/mol. The van der Waals surface area contributed by atoms with E-state index in [9.17, 15) is 9.18 Å². The quantitative estimate of drug-likeness (QED) is 0.830. The second kappa shape index (κ2) is 7.74. The molecule has 5 heteroatoms. The molecule has 1 aromatic carbocycles. The second-order valence-corrected chi connectivity index (χ2v) is 6.27. The highest BCUT2D eigenvalue weighted by atomic mass is 79.9. The Hall–Kier alpha value is -0.940. The summed E-state index contributed by atoms with van der Waals surface area (Å²) in [4.78, 5) is 11.9. The lowest BCUT2D eigenvalue weighted by Crippen LogP contribution is -2.44. The van der Waals surface area contributed by atoms with E-state index in [2.05, 4.69) is 40.4 Å². The molecule has 0 aromatic heterocycles. The first-order valence-electron chi connectivity index (χ1n) is 6.77. The molecular weight excluding hydrogens is 323 g/mol. The van der Waals surface area contributed by atoms with E-state index < -0.39 is 0 Å². The van der Waals surface area contributed by atoms with Crippen LogP contribution in [-0.4, -0.2) is 19.0 Å². The van der Waals surface area contributed by atoms with E-state index in [1.165, 1.54) is 6.07 Å². The van der Waals surface area contributed by atoms with Crippen LogP contribution in [0, 0.1) is 11.7 Å². The third-order valence-corrected chi connectivity index (χ3v) is 3.64. The molecule has 2 N–H and O–H groups in total. The van der Waals surface area contributed by atoms with Gasteiger partial charge in [0.1, 0.15) is 5.82 Å². The van der Waals surface area contributed by atoms with Gasteiger partial charge in [0, 0.05) is 23.1 Å². The van der Waals surface area contributed by atoms with E-state index in [1.807, 2.05) is 6.92 Å². The van der Waals surface area contributed by atoms with Crippen LogP contribution >= 0.6 is 15.9 Å². The van der Waals surface area contributed by atoms with Gasteiger partial charge < -0.3 is 5.32 Å². The third-order valence-electron chi connectivity index (χ3n) is 3.15. The second-order valence-electron chi connectivity index (χ2n) is 5.35. The smallest absolute Gasteiger partial charge is 0.236 e. The summed E-state index contributed by atoms with van der Waals surface area (Å²) in [7, 11) is 1.61. The molecule has 0 saturated heterocycles. The first-order valence-corrected chi connectivity index (χ1v) is 7.57. The monoisotopic (exact) mass is 344 g/mol. The largest absolute Gasteiger partial charge is 0.358 e. The average Bonchev–Trinajstić information content (AvgIpc) is 2.36. The molecule has 3 nitrogen and oxygen atoms in total. The summed E-state index contributed by atoms with van der Waals surface area (Å²) >= 11 is 3.24. The fourth-order valence-corrected chi connectivity index (χ4v) is 2.47. The minimum atomic E-state index is -0.321. The van der Waals surface area contributed by atoms with Gasteiger partial charge >= 0.3 is 0 Å². The summed E-state index contributed by atoms with van der Waals surface area (Å²) in [6.07, 6.45) is 0.710. The van der Waals surface area contributed by atoms with Crippen LogP contribution in [0.3, 0.4) is 0 Å². The van der Waals surface area contributed by atoms with E-state index in [4.69, 9.17) is 0 Å². The van der Waals surface area contributed by atoms with Gasteiger partial charge in [-0.15, -0.1) is 0 Å². The first-order chi connectivity index (χ1) is 9.35. The molecule has 0 aliphatic carbocycles. The summed E-state index contributed by atoms with van der Waals surface area (Å²) in [6, 6.07) is 4.41. The molecule has 112 valence electrons. The van der Waals surface area contributed by atoms with E-state index in [0.717, 1.165) is 0 Å².